The van der Waals surface area contributed by atoms with Crippen LogP contribution in [0.15, 0.2) is 48.4 Å². The zero-order chi connectivity index (χ0) is 16.8. The molecule has 1 atom stereocenters. The SMILES string of the molecule is O=C(Cc1c[nH]c2ccccc12)N1CC[C@@H](c2ncn3ccsc23)C1. The second-order valence-electron chi connectivity index (χ2n) is 6.61. The van der Waals surface area contributed by atoms with Crippen molar-refractivity contribution in [2.75, 3.05) is 13.1 Å². The molecule has 1 fully saturated rings. The summed E-state index contributed by atoms with van der Waals surface area (Å²) in [5.41, 5.74) is 3.30. The Bertz CT molecular complexity index is 1060. The molecule has 5 rings (SSSR count). The van der Waals surface area contributed by atoms with Crippen LogP contribution in [0.4, 0.5) is 0 Å². The Morgan fingerprint density at radius 2 is 2.28 bits per heavy atom. The number of benzene rings is 1. The number of amides is 1. The molecule has 0 radical (unpaired) electrons. The molecule has 6 heteroatoms. The maximum absolute atomic E-state index is 12.8. The van der Waals surface area contributed by atoms with E-state index in [1.807, 2.05) is 41.8 Å². The fourth-order valence-corrected chi connectivity index (χ4v) is 4.69. The summed E-state index contributed by atoms with van der Waals surface area (Å²) in [6.45, 7) is 1.59. The van der Waals surface area contributed by atoms with Crippen molar-refractivity contribution in [1.29, 1.82) is 0 Å². The molecule has 0 aliphatic carbocycles. The summed E-state index contributed by atoms with van der Waals surface area (Å²) in [6, 6.07) is 8.13. The van der Waals surface area contributed by atoms with Crippen LogP contribution in [0.3, 0.4) is 0 Å². The standard InChI is InChI=1S/C19H18N4OS/c24-17(9-14-10-20-16-4-2-1-3-15(14)16)22-6-5-13(11-22)18-19-23(12-21-18)7-8-25-19/h1-4,7-8,10,12-13,20H,5-6,9,11H2/t13-/m1/s1. The minimum atomic E-state index is 0.203. The third-order valence-electron chi connectivity index (χ3n) is 5.12. The van der Waals surface area contributed by atoms with Gasteiger partial charge in [-0.25, -0.2) is 4.98 Å². The fraction of sp³-hybridized carbons (Fsp3) is 0.263. The van der Waals surface area contributed by atoms with Gasteiger partial charge in [-0.1, -0.05) is 18.2 Å². The minimum absolute atomic E-state index is 0.203. The zero-order valence-electron chi connectivity index (χ0n) is 13.7. The van der Waals surface area contributed by atoms with Crippen molar-refractivity contribution < 1.29 is 4.79 Å². The average Bonchev–Trinajstić information content (AvgIpc) is 3.38. The number of hydrogen-bond acceptors (Lipinski definition) is 3. The monoisotopic (exact) mass is 350 g/mol. The highest BCUT2D eigenvalue weighted by atomic mass is 32.1. The molecule has 25 heavy (non-hydrogen) atoms. The van der Waals surface area contributed by atoms with Crippen LogP contribution in [0.1, 0.15) is 23.6 Å². The molecular weight excluding hydrogens is 332 g/mol. The van der Waals surface area contributed by atoms with Gasteiger partial charge in [0.1, 0.15) is 11.2 Å². The van der Waals surface area contributed by atoms with Gasteiger partial charge in [0.2, 0.25) is 5.91 Å². The quantitative estimate of drug-likeness (QED) is 0.615. The molecule has 4 aromatic rings. The number of H-pyrrole nitrogens is 1. The van der Waals surface area contributed by atoms with Crippen molar-refractivity contribution in [2.24, 2.45) is 0 Å². The van der Waals surface area contributed by atoms with E-state index in [1.54, 1.807) is 11.3 Å². The van der Waals surface area contributed by atoms with E-state index in [9.17, 15) is 4.79 Å². The second-order valence-corrected chi connectivity index (χ2v) is 7.50. The van der Waals surface area contributed by atoms with Crippen molar-refractivity contribution in [2.45, 2.75) is 18.8 Å². The van der Waals surface area contributed by atoms with Crippen LogP contribution in [0.25, 0.3) is 15.7 Å². The van der Waals surface area contributed by atoms with E-state index in [-0.39, 0.29) is 5.91 Å². The molecule has 126 valence electrons. The van der Waals surface area contributed by atoms with Gasteiger partial charge in [0.15, 0.2) is 0 Å². The van der Waals surface area contributed by atoms with Gasteiger partial charge < -0.3 is 9.88 Å². The lowest BCUT2D eigenvalue weighted by Gasteiger charge is -2.16. The number of nitrogens with one attached hydrogen (secondary N) is 1. The van der Waals surface area contributed by atoms with Crippen molar-refractivity contribution in [3.63, 3.8) is 0 Å². The summed E-state index contributed by atoms with van der Waals surface area (Å²) >= 11 is 1.72. The smallest absolute Gasteiger partial charge is 0.227 e. The number of likely N-dealkylation sites (tertiary alicyclic amines) is 1. The van der Waals surface area contributed by atoms with Crippen molar-refractivity contribution >= 4 is 33.0 Å². The Hall–Kier alpha value is -2.60. The molecule has 0 spiro atoms. The maximum Gasteiger partial charge on any atom is 0.227 e. The summed E-state index contributed by atoms with van der Waals surface area (Å²) in [5, 5.41) is 3.22. The normalized spacial score (nSPS) is 17.8. The Morgan fingerprint density at radius 3 is 3.24 bits per heavy atom. The third-order valence-corrected chi connectivity index (χ3v) is 6.02. The number of para-hydroxylation sites is 1. The number of carbonyl (C=O) groups excluding carboxylic acids is 1. The molecular formula is C19H18N4OS. The van der Waals surface area contributed by atoms with Gasteiger partial charge in [-0.05, 0) is 18.1 Å². The first-order chi connectivity index (χ1) is 12.3. The first-order valence-corrected chi connectivity index (χ1v) is 9.40. The molecule has 4 heterocycles. The van der Waals surface area contributed by atoms with Crippen LogP contribution >= 0.6 is 11.3 Å². The first kappa shape index (κ1) is 14.7. The molecule has 0 bridgehead atoms. The van der Waals surface area contributed by atoms with Gasteiger partial charge in [-0.2, -0.15) is 0 Å². The summed E-state index contributed by atoms with van der Waals surface area (Å²) in [6.07, 6.45) is 7.31. The second kappa shape index (κ2) is 5.74. The fourth-order valence-electron chi connectivity index (χ4n) is 3.79. The number of imidazole rings is 1. The van der Waals surface area contributed by atoms with E-state index < -0.39 is 0 Å². The number of aromatic amines is 1. The highest BCUT2D eigenvalue weighted by Gasteiger charge is 2.30. The van der Waals surface area contributed by atoms with Crippen LogP contribution in [-0.4, -0.2) is 38.3 Å². The Kier molecular flexibility index (Phi) is 3.38. The zero-order valence-corrected chi connectivity index (χ0v) is 14.5. The number of carbonyl (C=O) groups is 1. The number of fused-ring (bicyclic) bond motifs is 2. The van der Waals surface area contributed by atoms with Gasteiger partial charge in [-0.3, -0.25) is 9.20 Å². The van der Waals surface area contributed by atoms with Crippen LogP contribution in [-0.2, 0) is 11.2 Å². The van der Waals surface area contributed by atoms with Crippen LogP contribution in [0.2, 0.25) is 0 Å². The number of aromatic nitrogens is 3. The molecule has 1 amide bonds. The molecule has 1 aromatic carbocycles. The van der Waals surface area contributed by atoms with E-state index in [2.05, 4.69) is 25.8 Å². The van der Waals surface area contributed by atoms with E-state index in [1.165, 1.54) is 4.83 Å². The lowest BCUT2D eigenvalue weighted by molar-refractivity contribution is -0.129. The van der Waals surface area contributed by atoms with Crippen LogP contribution < -0.4 is 0 Å². The number of hydrogen-bond donors (Lipinski definition) is 1. The van der Waals surface area contributed by atoms with Crippen LogP contribution in [0.5, 0.6) is 0 Å². The van der Waals surface area contributed by atoms with Gasteiger partial charge in [0.05, 0.1) is 12.1 Å². The topological polar surface area (TPSA) is 53.4 Å². The highest BCUT2D eigenvalue weighted by Crippen LogP contribution is 2.31. The van der Waals surface area contributed by atoms with Crippen LogP contribution in [0, 0.1) is 0 Å². The van der Waals surface area contributed by atoms with E-state index >= 15 is 0 Å². The lowest BCUT2D eigenvalue weighted by Crippen LogP contribution is -2.29. The lowest BCUT2D eigenvalue weighted by atomic mass is 10.1. The molecule has 1 aliphatic heterocycles. The van der Waals surface area contributed by atoms with Gasteiger partial charge in [0, 0.05) is 47.7 Å². The van der Waals surface area contributed by atoms with Crippen molar-refractivity contribution in [3.05, 3.63) is 59.6 Å². The van der Waals surface area contributed by atoms with Gasteiger partial charge in [0.25, 0.3) is 0 Å². The van der Waals surface area contributed by atoms with E-state index in [0.29, 0.717) is 12.3 Å². The predicted octanol–water partition coefficient (Wildman–Crippen LogP) is 3.44. The minimum Gasteiger partial charge on any atom is -0.361 e. The Labute approximate surface area is 148 Å². The molecule has 3 aromatic heterocycles. The predicted molar refractivity (Wildman–Crippen MR) is 99.0 cm³/mol. The van der Waals surface area contributed by atoms with Crippen molar-refractivity contribution in [3.8, 4) is 0 Å². The van der Waals surface area contributed by atoms with Crippen molar-refractivity contribution in [1.82, 2.24) is 19.3 Å². The number of rotatable bonds is 3. The third kappa shape index (κ3) is 2.44. The molecule has 1 aliphatic rings. The largest absolute Gasteiger partial charge is 0.361 e. The van der Waals surface area contributed by atoms with Gasteiger partial charge in [-0.15, -0.1) is 11.3 Å². The van der Waals surface area contributed by atoms with Gasteiger partial charge >= 0.3 is 0 Å². The summed E-state index contributed by atoms with van der Waals surface area (Å²) in [5.74, 6) is 0.546. The first-order valence-electron chi connectivity index (χ1n) is 8.52. The maximum atomic E-state index is 12.8. The molecule has 0 saturated carbocycles. The summed E-state index contributed by atoms with van der Waals surface area (Å²) in [7, 11) is 0. The molecule has 1 N–H and O–H groups in total. The average molecular weight is 350 g/mol. The number of nitrogens with zero attached hydrogens (tertiary/aromatic N) is 3. The summed E-state index contributed by atoms with van der Waals surface area (Å²) in [4.78, 5) is 23.8. The molecule has 0 unspecified atom stereocenters. The van der Waals surface area contributed by atoms with E-state index in [4.69, 9.17) is 0 Å². The number of thiazole rings is 1. The van der Waals surface area contributed by atoms with E-state index in [0.717, 1.165) is 41.7 Å². The Morgan fingerprint density at radius 1 is 1.36 bits per heavy atom. The highest BCUT2D eigenvalue weighted by molar-refractivity contribution is 7.15. The molecule has 5 nitrogen and oxygen atoms in total. The molecule has 1 saturated heterocycles. The Balaban J connectivity index is 1.33. The summed E-state index contributed by atoms with van der Waals surface area (Å²) < 4.78 is 2.07.